The summed E-state index contributed by atoms with van der Waals surface area (Å²) < 4.78 is 29.8. The van der Waals surface area contributed by atoms with Crippen molar-refractivity contribution in [1.82, 2.24) is 14.9 Å². The van der Waals surface area contributed by atoms with Crippen molar-refractivity contribution in [3.05, 3.63) is 47.2 Å². The molecule has 31 heavy (non-hydrogen) atoms. The molecule has 2 heterocycles. The number of rotatable bonds is 3. The number of aromatic nitrogens is 2. The first-order chi connectivity index (χ1) is 14.8. The van der Waals surface area contributed by atoms with Gasteiger partial charge in [0.15, 0.2) is 5.82 Å². The SMILES string of the molecule is CC(C)C(=O)N1CCN(c2ncnc3c(F)c(-c4c(O)cccc4F)c(Cl)cc23)CC1. The van der Waals surface area contributed by atoms with Crippen LogP contribution >= 0.6 is 11.6 Å². The lowest BCUT2D eigenvalue weighted by Gasteiger charge is -2.36. The fraction of sp³-hybridized carbons (Fsp3) is 0.318. The van der Waals surface area contributed by atoms with Crippen molar-refractivity contribution in [2.24, 2.45) is 5.92 Å². The molecular formula is C22H21ClF2N4O2. The van der Waals surface area contributed by atoms with E-state index in [9.17, 15) is 14.3 Å². The number of nitrogens with zero attached hydrogens (tertiary/aromatic N) is 4. The largest absolute Gasteiger partial charge is 0.507 e. The molecule has 1 N–H and O–H groups in total. The van der Waals surface area contributed by atoms with E-state index in [1.165, 1.54) is 24.5 Å². The third-order valence-electron chi connectivity index (χ3n) is 5.43. The molecule has 1 aliphatic rings. The summed E-state index contributed by atoms with van der Waals surface area (Å²) in [5.41, 5.74) is -0.581. The van der Waals surface area contributed by atoms with E-state index in [-0.39, 0.29) is 33.5 Å². The van der Waals surface area contributed by atoms with E-state index < -0.39 is 17.4 Å². The molecule has 0 unspecified atom stereocenters. The molecule has 162 valence electrons. The average molecular weight is 447 g/mol. The van der Waals surface area contributed by atoms with Gasteiger partial charge < -0.3 is 14.9 Å². The molecule has 6 nitrogen and oxygen atoms in total. The van der Waals surface area contributed by atoms with Crippen LogP contribution in [0.15, 0.2) is 30.6 Å². The zero-order chi connectivity index (χ0) is 22.3. The van der Waals surface area contributed by atoms with Gasteiger partial charge in [0, 0.05) is 43.0 Å². The Labute approximate surface area is 183 Å². The molecule has 1 aliphatic heterocycles. The molecule has 1 amide bonds. The van der Waals surface area contributed by atoms with Crippen molar-refractivity contribution >= 4 is 34.2 Å². The number of phenolic OH excluding ortho intramolecular Hbond substituents is 1. The van der Waals surface area contributed by atoms with Crippen molar-refractivity contribution in [3.63, 3.8) is 0 Å². The number of phenols is 1. The molecule has 2 aromatic carbocycles. The number of fused-ring (bicyclic) bond motifs is 1. The zero-order valence-electron chi connectivity index (χ0n) is 17.1. The maximum atomic E-state index is 15.5. The summed E-state index contributed by atoms with van der Waals surface area (Å²) in [7, 11) is 0. The van der Waals surface area contributed by atoms with E-state index in [0.29, 0.717) is 37.4 Å². The number of hydrogen-bond acceptors (Lipinski definition) is 5. The number of hydrogen-bond donors (Lipinski definition) is 1. The number of benzene rings is 2. The van der Waals surface area contributed by atoms with Crippen molar-refractivity contribution < 1.29 is 18.7 Å². The minimum atomic E-state index is -0.833. The van der Waals surface area contributed by atoms with Crippen LogP contribution in [0.1, 0.15) is 13.8 Å². The highest BCUT2D eigenvalue weighted by Crippen LogP contribution is 2.42. The Hall–Kier alpha value is -3.00. The number of aromatic hydroxyl groups is 1. The van der Waals surface area contributed by atoms with Crippen molar-refractivity contribution in [2.75, 3.05) is 31.1 Å². The average Bonchev–Trinajstić information content (AvgIpc) is 2.75. The van der Waals surface area contributed by atoms with Crippen LogP contribution in [0, 0.1) is 17.6 Å². The third kappa shape index (κ3) is 3.76. The van der Waals surface area contributed by atoms with Gasteiger partial charge in [-0.15, -0.1) is 0 Å². The molecule has 1 fully saturated rings. The van der Waals surface area contributed by atoms with Crippen molar-refractivity contribution in [2.45, 2.75) is 13.8 Å². The zero-order valence-corrected chi connectivity index (χ0v) is 17.8. The van der Waals surface area contributed by atoms with Gasteiger partial charge in [0.2, 0.25) is 5.91 Å². The van der Waals surface area contributed by atoms with Crippen LogP contribution in [0.2, 0.25) is 5.02 Å². The van der Waals surface area contributed by atoms with E-state index in [1.54, 1.807) is 4.90 Å². The molecule has 4 rings (SSSR count). The van der Waals surface area contributed by atoms with Gasteiger partial charge in [-0.25, -0.2) is 18.7 Å². The van der Waals surface area contributed by atoms with Gasteiger partial charge in [-0.2, -0.15) is 0 Å². The fourth-order valence-electron chi connectivity index (χ4n) is 3.86. The highest BCUT2D eigenvalue weighted by Gasteiger charge is 2.27. The van der Waals surface area contributed by atoms with Gasteiger partial charge in [0.25, 0.3) is 0 Å². The Kier molecular flexibility index (Phi) is 5.66. The van der Waals surface area contributed by atoms with Crippen LogP contribution in [0.5, 0.6) is 5.75 Å². The molecule has 0 bridgehead atoms. The Morgan fingerprint density at radius 2 is 1.84 bits per heavy atom. The van der Waals surface area contributed by atoms with E-state index in [4.69, 9.17) is 11.6 Å². The van der Waals surface area contributed by atoms with E-state index in [1.807, 2.05) is 18.7 Å². The molecule has 9 heteroatoms. The summed E-state index contributed by atoms with van der Waals surface area (Å²) in [6.07, 6.45) is 1.24. The minimum Gasteiger partial charge on any atom is -0.507 e. The number of carbonyl (C=O) groups excluding carboxylic acids is 1. The number of amides is 1. The minimum absolute atomic E-state index is 0.0206. The smallest absolute Gasteiger partial charge is 0.225 e. The summed E-state index contributed by atoms with van der Waals surface area (Å²) in [6.45, 7) is 5.84. The highest BCUT2D eigenvalue weighted by molar-refractivity contribution is 6.34. The Morgan fingerprint density at radius 1 is 1.13 bits per heavy atom. The normalized spacial score (nSPS) is 14.5. The van der Waals surface area contributed by atoms with Gasteiger partial charge in [0.1, 0.15) is 29.2 Å². The number of piperazine rings is 1. The summed E-state index contributed by atoms with van der Waals surface area (Å²) in [5.74, 6) is -1.53. The van der Waals surface area contributed by atoms with Crippen LogP contribution in [0.25, 0.3) is 22.0 Å². The van der Waals surface area contributed by atoms with Crippen LogP contribution in [0.3, 0.4) is 0 Å². The van der Waals surface area contributed by atoms with Gasteiger partial charge >= 0.3 is 0 Å². The number of halogens is 3. The van der Waals surface area contributed by atoms with Crippen LogP contribution in [-0.4, -0.2) is 52.1 Å². The van der Waals surface area contributed by atoms with Gasteiger partial charge in [-0.05, 0) is 18.2 Å². The second-order valence-electron chi connectivity index (χ2n) is 7.74. The second kappa shape index (κ2) is 8.26. The molecule has 0 spiro atoms. The van der Waals surface area contributed by atoms with Gasteiger partial charge in [0.05, 0.1) is 10.6 Å². The van der Waals surface area contributed by atoms with E-state index in [0.717, 1.165) is 6.07 Å². The lowest BCUT2D eigenvalue weighted by molar-refractivity contribution is -0.134. The fourth-order valence-corrected chi connectivity index (χ4v) is 4.15. The molecule has 0 radical (unpaired) electrons. The molecule has 0 atom stereocenters. The van der Waals surface area contributed by atoms with E-state index in [2.05, 4.69) is 9.97 Å². The first-order valence-corrected chi connectivity index (χ1v) is 10.3. The topological polar surface area (TPSA) is 69.6 Å². The van der Waals surface area contributed by atoms with Crippen molar-refractivity contribution in [3.8, 4) is 16.9 Å². The van der Waals surface area contributed by atoms with Crippen molar-refractivity contribution in [1.29, 1.82) is 0 Å². The highest BCUT2D eigenvalue weighted by atomic mass is 35.5. The molecular weight excluding hydrogens is 426 g/mol. The Balaban J connectivity index is 1.75. The van der Waals surface area contributed by atoms with Gasteiger partial charge in [-0.3, -0.25) is 4.79 Å². The van der Waals surface area contributed by atoms with Gasteiger partial charge in [-0.1, -0.05) is 31.5 Å². The maximum absolute atomic E-state index is 15.5. The number of anilines is 1. The predicted molar refractivity (Wildman–Crippen MR) is 115 cm³/mol. The summed E-state index contributed by atoms with van der Waals surface area (Å²) >= 11 is 6.35. The Morgan fingerprint density at radius 3 is 2.48 bits per heavy atom. The molecule has 3 aromatic rings. The third-order valence-corrected chi connectivity index (χ3v) is 5.72. The first kappa shape index (κ1) is 21.2. The monoisotopic (exact) mass is 446 g/mol. The standard InChI is InChI=1S/C22H21ClF2N4O2/c1-12(2)22(31)29-8-6-28(7-9-29)21-13-10-14(23)17(19(25)20(13)26-11-27-21)18-15(24)4-3-5-16(18)30/h3-5,10-12,30H,6-9H2,1-2H3. The summed E-state index contributed by atoms with van der Waals surface area (Å²) in [4.78, 5) is 24.4. The summed E-state index contributed by atoms with van der Waals surface area (Å²) in [6, 6.07) is 5.20. The molecule has 0 aliphatic carbocycles. The predicted octanol–water partition coefficient (Wildman–Crippen LogP) is 4.24. The molecule has 1 aromatic heterocycles. The van der Waals surface area contributed by atoms with E-state index >= 15 is 4.39 Å². The molecule has 0 saturated carbocycles. The van der Waals surface area contributed by atoms with Crippen LogP contribution < -0.4 is 4.90 Å². The second-order valence-corrected chi connectivity index (χ2v) is 8.15. The summed E-state index contributed by atoms with van der Waals surface area (Å²) in [5, 5.41) is 10.4. The maximum Gasteiger partial charge on any atom is 0.225 e. The van der Waals surface area contributed by atoms with Crippen LogP contribution in [0.4, 0.5) is 14.6 Å². The number of carbonyl (C=O) groups is 1. The Bertz CT molecular complexity index is 1140. The first-order valence-electron chi connectivity index (χ1n) is 9.94. The quantitative estimate of drug-likeness (QED) is 0.651. The molecule has 1 saturated heterocycles. The lowest BCUT2D eigenvalue weighted by Crippen LogP contribution is -2.50. The van der Waals surface area contributed by atoms with Crippen LogP contribution in [-0.2, 0) is 4.79 Å². The lowest BCUT2D eigenvalue weighted by atomic mass is 10.0.